The molecule has 12 heteroatoms. The van der Waals surface area contributed by atoms with Gasteiger partial charge in [0, 0.05) is 33.8 Å². The first kappa shape index (κ1) is 36.2. The van der Waals surface area contributed by atoms with Crippen molar-refractivity contribution in [2.24, 2.45) is 11.1 Å². The third kappa shape index (κ3) is 14.5. The highest BCUT2D eigenvalue weighted by Gasteiger charge is 2.27. The van der Waals surface area contributed by atoms with E-state index in [-0.39, 0.29) is 54.6 Å². The average Bonchev–Trinajstić information content (AvgIpc) is 2.89. The number of hydrogen-bond donors (Lipinski definition) is 1. The first-order valence-corrected chi connectivity index (χ1v) is 17.6. The third-order valence-corrected chi connectivity index (χ3v) is 7.65. The lowest BCUT2D eigenvalue weighted by Gasteiger charge is -2.20. The van der Waals surface area contributed by atoms with E-state index >= 15 is 0 Å². The molecule has 0 aliphatic heterocycles. The molecule has 1 rings (SSSR count). The Morgan fingerprint density at radius 2 is 1.76 bits per heavy atom. The summed E-state index contributed by atoms with van der Waals surface area (Å²) in [6.07, 6.45) is 5.99. The van der Waals surface area contributed by atoms with Crippen molar-refractivity contribution in [3.8, 4) is 11.5 Å². The Bertz CT molecular complexity index is 1050. The van der Waals surface area contributed by atoms with Crippen LogP contribution in [0.4, 0.5) is 0 Å². The third-order valence-electron chi connectivity index (χ3n) is 5.53. The standard InChI is InChI=1S/C29H44ClNO9Si/c1-8-21(4)12-11-13-22(31-40-18-26(32)33)16-23-27(29(34)37-14-15-41(5,6)7)24(38-19-35-9-2)17-25(28(23)30)39-20-36-10-3/h8,11,13,17,21H,1,9-10,12,14-16,18-20H2,2-7H3,(H,32,33)/b13-11+,31-22+. The molecule has 10 nitrogen and oxygen atoms in total. The van der Waals surface area contributed by atoms with E-state index in [0.29, 0.717) is 30.9 Å². The number of ether oxygens (including phenoxy) is 5. The van der Waals surface area contributed by atoms with Crippen LogP contribution in [-0.4, -0.2) is 70.8 Å². The molecule has 230 valence electrons. The number of rotatable bonds is 21. The van der Waals surface area contributed by atoms with E-state index in [9.17, 15) is 9.59 Å². The second-order valence-electron chi connectivity index (χ2n) is 10.3. The van der Waals surface area contributed by atoms with Gasteiger partial charge in [0.1, 0.15) is 17.1 Å². The van der Waals surface area contributed by atoms with E-state index < -0.39 is 26.6 Å². The molecule has 1 N–H and O–H groups in total. The van der Waals surface area contributed by atoms with Crippen molar-refractivity contribution >= 4 is 37.3 Å². The summed E-state index contributed by atoms with van der Waals surface area (Å²) in [7, 11) is -1.48. The molecule has 0 amide bonds. The predicted octanol–water partition coefficient (Wildman–Crippen LogP) is 6.35. The van der Waals surface area contributed by atoms with E-state index in [1.807, 2.05) is 32.9 Å². The summed E-state index contributed by atoms with van der Waals surface area (Å²) in [4.78, 5) is 29.6. The van der Waals surface area contributed by atoms with E-state index in [1.165, 1.54) is 6.07 Å². The van der Waals surface area contributed by atoms with Gasteiger partial charge in [0.25, 0.3) is 0 Å². The molecule has 0 aliphatic rings. The highest BCUT2D eigenvalue weighted by Crippen LogP contribution is 2.39. The first-order chi connectivity index (χ1) is 19.4. The van der Waals surface area contributed by atoms with Gasteiger partial charge in [0.2, 0.25) is 6.61 Å². The largest absolute Gasteiger partial charge is 0.479 e. The topological polar surface area (TPSA) is 122 Å². The van der Waals surface area contributed by atoms with E-state index in [0.717, 1.165) is 6.04 Å². The predicted molar refractivity (Wildman–Crippen MR) is 162 cm³/mol. The Balaban J connectivity index is 3.66. The van der Waals surface area contributed by atoms with Crippen molar-refractivity contribution in [3.63, 3.8) is 0 Å². The molecular formula is C29H44ClNO9Si. The van der Waals surface area contributed by atoms with Crippen LogP contribution in [-0.2, 0) is 30.3 Å². The number of esters is 1. The Morgan fingerprint density at radius 1 is 1.12 bits per heavy atom. The first-order valence-electron chi connectivity index (χ1n) is 13.6. The fourth-order valence-electron chi connectivity index (χ4n) is 3.16. The second-order valence-corrected chi connectivity index (χ2v) is 16.3. The van der Waals surface area contributed by atoms with E-state index in [4.69, 9.17) is 45.2 Å². The molecule has 0 bridgehead atoms. The smallest absolute Gasteiger partial charge is 0.344 e. The summed E-state index contributed by atoms with van der Waals surface area (Å²) in [6, 6.07) is 2.27. The minimum Gasteiger partial charge on any atom is -0.479 e. The number of hydrogen-bond acceptors (Lipinski definition) is 9. The van der Waals surface area contributed by atoms with Gasteiger partial charge in [-0.3, -0.25) is 0 Å². The monoisotopic (exact) mass is 613 g/mol. The van der Waals surface area contributed by atoms with Gasteiger partial charge in [-0.1, -0.05) is 55.5 Å². The van der Waals surface area contributed by atoms with Crippen LogP contribution in [0.5, 0.6) is 11.5 Å². The molecule has 41 heavy (non-hydrogen) atoms. The summed E-state index contributed by atoms with van der Waals surface area (Å²) in [6.45, 7) is 16.2. The zero-order valence-electron chi connectivity index (χ0n) is 25.0. The van der Waals surface area contributed by atoms with Gasteiger partial charge >= 0.3 is 11.9 Å². The van der Waals surface area contributed by atoms with Gasteiger partial charge in [-0.05, 0) is 43.9 Å². The van der Waals surface area contributed by atoms with Crippen molar-refractivity contribution in [1.29, 1.82) is 0 Å². The lowest BCUT2D eigenvalue weighted by molar-refractivity contribution is -0.142. The number of oxime groups is 1. The fraction of sp³-hybridized carbons (Fsp3) is 0.552. The quantitative estimate of drug-likeness (QED) is 0.0321. The lowest BCUT2D eigenvalue weighted by Crippen LogP contribution is -2.23. The Kier molecular flexibility index (Phi) is 17.0. The second kappa shape index (κ2) is 19.3. The van der Waals surface area contributed by atoms with Gasteiger partial charge in [0.05, 0.1) is 17.3 Å². The Labute approximate surface area is 249 Å². The van der Waals surface area contributed by atoms with Crippen LogP contribution >= 0.6 is 11.6 Å². The van der Waals surface area contributed by atoms with Crippen molar-refractivity contribution in [1.82, 2.24) is 0 Å². The maximum atomic E-state index is 13.5. The maximum absolute atomic E-state index is 13.5. The Morgan fingerprint density at radius 3 is 2.32 bits per heavy atom. The number of aliphatic carboxylic acids is 1. The number of benzene rings is 1. The molecule has 0 fully saturated rings. The molecular weight excluding hydrogens is 570 g/mol. The molecule has 0 radical (unpaired) electrons. The van der Waals surface area contributed by atoms with Crippen LogP contribution in [0.3, 0.4) is 0 Å². The van der Waals surface area contributed by atoms with Crippen LogP contribution < -0.4 is 9.47 Å². The van der Waals surface area contributed by atoms with Crippen molar-refractivity contribution in [3.05, 3.63) is 47.0 Å². The van der Waals surface area contributed by atoms with Crippen molar-refractivity contribution in [2.45, 2.75) is 59.3 Å². The summed E-state index contributed by atoms with van der Waals surface area (Å²) >= 11 is 6.82. The lowest BCUT2D eigenvalue weighted by atomic mass is 9.99. The molecule has 0 aliphatic carbocycles. The van der Waals surface area contributed by atoms with Crippen LogP contribution in [0, 0.1) is 5.92 Å². The van der Waals surface area contributed by atoms with Gasteiger partial charge in [-0.2, -0.15) is 0 Å². The minimum absolute atomic E-state index is 0.0211. The number of carboxylic acid groups (broad SMARTS) is 1. The summed E-state index contributed by atoms with van der Waals surface area (Å²) in [5.41, 5.74) is 0.718. The fourth-order valence-corrected chi connectivity index (χ4v) is 4.14. The number of carbonyl (C=O) groups is 2. The molecule has 1 unspecified atom stereocenters. The molecule has 0 saturated heterocycles. The van der Waals surface area contributed by atoms with Gasteiger partial charge in [-0.15, -0.1) is 6.58 Å². The minimum atomic E-state index is -1.48. The number of halogens is 1. The number of carboxylic acids is 1. The maximum Gasteiger partial charge on any atom is 0.344 e. The normalized spacial score (nSPS) is 12.7. The van der Waals surface area contributed by atoms with Crippen LogP contribution in [0.1, 0.15) is 43.1 Å². The van der Waals surface area contributed by atoms with Gasteiger partial charge in [-0.25, -0.2) is 9.59 Å². The average molecular weight is 614 g/mol. The highest BCUT2D eigenvalue weighted by molar-refractivity contribution is 6.76. The van der Waals surface area contributed by atoms with Crippen LogP contribution in [0.2, 0.25) is 30.7 Å². The van der Waals surface area contributed by atoms with E-state index in [1.54, 1.807) is 6.08 Å². The van der Waals surface area contributed by atoms with Crippen LogP contribution in [0.15, 0.2) is 36.0 Å². The molecule has 0 aromatic heterocycles. The zero-order chi connectivity index (χ0) is 30.8. The molecule has 1 atom stereocenters. The number of nitrogens with zero attached hydrogens (tertiary/aromatic N) is 1. The molecule has 0 heterocycles. The molecule has 0 saturated carbocycles. The number of allylic oxidation sites excluding steroid dienone is 3. The summed E-state index contributed by atoms with van der Waals surface area (Å²) < 4.78 is 28.0. The van der Waals surface area contributed by atoms with Crippen molar-refractivity contribution < 1.29 is 43.2 Å². The van der Waals surface area contributed by atoms with Crippen LogP contribution in [0.25, 0.3) is 0 Å². The Hall–Kier alpha value is -2.86. The molecule has 0 spiro atoms. The SMILES string of the molecule is C=CC(C)C/C=C/C(Cc1c(Cl)c(OCOCC)cc(OCOCC)c1C(=O)OCC[Si](C)(C)C)=N\OCC(=O)O. The zero-order valence-corrected chi connectivity index (χ0v) is 26.8. The van der Waals surface area contributed by atoms with Gasteiger partial charge < -0.3 is 33.6 Å². The van der Waals surface area contributed by atoms with Crippen molar-refractivity contribution in [2.75, 3.05) is 40.0 Å². The summed E-state index contributed by atoms with van der Waals surface area (Å²) in [5, 5.41) is 13.2. The highest BCUT2D eigenvalue weighted by atomic mass is 35.5. The summed E-state index contributed by atoms with van der Waals surface area (Å²) in [5.74, 6) is -1.24. The molecule has 1 aromatic rings. The molecule has 1 aromatic carbocycles. The van der Waals surface area contributed by atoms with Gasteiger partial charge in [0.15, 0.2) is 13.6 Å². The number of carbonyl (C=O) groups excluding carboxylic acids is 1. The van der Waals surface area contributed by atoms with E-state index in [2.05, 4.69) is 31.4 Å².